The van der Waals surface area contributed by atoms with Crippen LogP contribution in [0.15, 0.2) is 24.3 Å². The summed E-state index contributed by atoms with van der Waals surface area (Å²) in [5, 5.41) is 8.95. The lowest BCUT2D eigenvalue weighted by Gasteiger charge is -2.08. The van der Waals surface area contributed by atoms with E-state index < -0.39 is 30.0 Å². The molecule has 0 saturated carbocycles. The molecule has 2 unspecified atom stereocenters. The van der Waals surface area contributed by atoms with Gasteiger partial charge in [0, 0.05) is 31.4 Å². The van der Waals surface area contributed by atoms with Crippen LogP contribution in [-0.4, -0.2) is 87.9 Å². The second-order valence-corrected chi connectivity index (χ2v) is 5.77. The van der Waals surface area contributed by atoms with Crippen molar-refractivity contribution in [1.29, 1.82) is 0 Å². The van der Waals surface area contributed by atoms with Crippen LogP contribution in [0.3, 0.4) is 0 Å². The van der Waals surface area contributed by atoms with Crippen LogP contribution < -0.4 is 0 Å². The molecule has 0 aromatic rings. The van der Waals surface area contributed by atoms with Gasteiger partial charge in [0.2, 0.25) is 0 Å². The lowest BCUT2D eigenvalue weighted by molar-refractivity contribution is -0.143. The van der Waals surface area contributed by atoms with Gasteiger partial charge >= 0.3 is 23.9 Å². The van der Waals surface area contributed by atoms with Crippen LogP contribution >= 0.6 is 0 Å². The van der Waals surface area contributed by atoms with Crippen molar-refractivity contribution in [2.24, 2.45) is 0 Å². The Labute approximate surface area is 174 Å². The molecular formula is C19H28O11. The molecule has 0 saturated heterocycles. The maximum atomic E-state index is 11.4. The second-order valence-electron chi connectivity index (χ2n) is 5.77. The highest BCUT2D eigenvalue weighted by molar-refractivity contribution is 5.92. The van der Waals surface area contributed by atoms with Crippen LogP contribution in [0.5, 0.6) is 0 Å². The van der Waals surface area contributed by atoms with E-state index in [4.69, 9.17) is 28.8 Å². The summed E-state index contributed by atoms with van der Waals surface area (Å²) in [5.41, 5.74) is 0. The van der Waals surface area contributed by atoms with Gasteiger partial charge in [0.1, 0.15) is 26.4 Å². The zero-order valence-corrected chi connectivity index (χ0v) is 17.2. The molecular weight excluding hydrogens is 404 g/mol. The Balaban J connectivity index is 3.73. The topological polar surface area (TPSA) is 144 Å². The van der Waals surface area contributed by atoms with Gasteiger partial charge in [0.15, 0.2) is 0 Å². The molecule has 0 rings (SSSR count). The van der Waals surface area contributed by atoms with E-state index in [1.54, 1.807) is 6.92 Å². The van der Waals surface area contributed by atoms with E-state index in [2.05, 4.69) is 4.74 Å². The number of ether oxygens (including phenoxy) is 6. The maximum Gasteiger partial charge on any atom is 0.331 e. The Morgan fingerprint density at radius 2 is 1.10 bits per heavy atom. The van der Waals surface area contributed by atoms with Crippen molar-refractivity contribution in [2.75, 3.05) is 46.8 Å². The number of aliphatic hydroxyl groups is 1. The summed E-state index contributed by atoms with van der Waals surface area (Å²) in [6.07, 6.45) is 2.59. The molecule has 11 nitrogen and oxygen atoms in total. The van der Waals surface area contributed by atoms with Crippen LogP contribution in [0.4, 0.5) is 0 Å². The maximum absolute atomic E-state index is 11.4. The highest BCUT2D eigenvalue weighted by Crippen LogP contribution is 1.92. The Morgan fingerprint density at radius 3 is 1.50 bits per heavy atom. The normalized spacial score (nSPS) is 13.1. The first-order chi connectivity index (χ1) is 14.2. The van der Waals surface area contributed by atoms with E-state index in [-0.39, 0.29) is 45.7 Å². The van der Waals surface area contributed by atoms with E-state index in [0.717, 1.165) is 24.3 Å². The molecule has 0 spiro atoms. The van der Waals surface area contributed by atoms with Crippen LogP contribution in [0, 0.1) is 0 Å². The third-order valence-corrected chi connectivity index (χ3v) is 2.98. The van der Waals surface area contributed by atoms with Crippen molar-refractivity contribution in [3.8, 4) is 0 Å². The fraction of sp³-hybridized carbons (Fsp3) is 0.579. The number of hydrogen-bond donors (Lipinski definition) is 1. The molecule has 0 bridgehead atoms. The van der Waals surface area contributed by atoms with Gasteiger partial charge in [0.25, 0.3) is 0 Å². The van der Waals surface area contributed by atoms with E-state index in [0.29, 0.717) is 0 Å². The molecule has 0 aromatic heterocycles. The van der Waals surface area contributed by atoms with Crippen LogP contribution in [-0.2, 0) is 47.6 Å². The van der Waals surface area contributed by atoms with Gasteiger partial charge in [-0.1, -0.05) is 0 Å². The summed E-state index contributed by atoms with van der Waals surface area (Å²) in [5.74, 6) is -2.98. The molecule has 170 valence electrons. The zero-order valence-electron chi connectivity index (χ0n) is 17.2. The van der Waals surface area contributed by atoms with E-state index in [9.17, 15) is 19.2 Å². The monoisotopic (exact) mass is 432 g/mol. The fourth-order valence-electron chi connectivity index (χ4n) is 1.44. The highest BCUT2D eigenvalue weighted by Gasteiger charge is 2.05. The van der Waals surface area contributed by atoms with E-state index in [1.807, 2.05) is 0 Å². The molecule has 0 heterocycles. The molecule has 0 aliphatic rings. The first kappa shape index (κ1) is 27.2. The fourth-order valence-corrected chi connectivity index (χ4v) is 1.44. The molecule has 1 N–H and O–H groups in total. The lowest BCUT2D eigenvalue weighted by atomic mass is 10.4. The van der Waals surface area contributed by atoms with Gasteiger partial charge < -0.3 is 33.5 Å². The minimum atomic E-state index is -0.798. The van der Waals surface area contributed by atoms with Gasteiger partial charge in [-0.25, -0.2) is 19.2 Å². The summed E-state index contributed by atoms with van der Waals surface area (Å²) < 4.78 is 29.0. The first-order valence-electron chi connectivity index (χ1n) is 9.06. The molecule has 2 atom stereocenters. The molecule has 0 aliphatic carbocycles. The highest BCUT2D eigenvalue weighted by atomic mass is 16.6. The lowest BCUT2D eigenvalue weighted by Crippen LogP contribution is -2.16. The number of rotatable bonds is 15. The van der Waals surface area contributed by atoms with E-state index in [1.165, 1.54) is 14.0 Å². The van der Waals surface area contributed by atoms with Crippen molar-refractivity contribution in [2.45, 2.75) is 26.1 Å². The molecule has 0 radical (unpaired) electrons. The summed E-state index contributed by atoms with van der Waals surface area (Å²) in [7, 11) is 1.48. The summed E-state index contributed by atoms with van der Waals surface area (Å²) in [6, 6.07) is 0. The quantitative estimate of drug-likeness (QED) is 0.158. The van der Waals surface area contributed by atoms with Crippen molar-refractivity contribution in [3.63, 3.8) is 0 Å². The van der Waals surface area contributed by atoms with Gasteiger partial charge in [-0.15, -0.1) is 0 Å². The first-order valence-corrected chi connectivity index (χ1v) is 9.06. The predicted molar refractivity (Wildman–Crippen MR) is 101 cm³/mol. The standard InChI is InChI=1S/C19H28O11/c1-14(20)12-29-18(23)6-4-16(21)27-10-8-26-9-11-28-17(22)5-7-19(24)30-13-15(2)25-3/h4-7,14-15,20H,8-13H2,1-3H3/b6-4+,7-5+. The summed E-state index contributed by atoms with van der Waals surface area (Å²) in [4.78, 5) is 45.3. The molecule has 30 heavy (non-hydrogen) atoms. The number of esters is 4. The Hall–Kier alpha value is -2.76. The van der Waals surface area contributed by atoms with Crippen molar-refractivity contribution < 1.29 is 52.7 Å². The Morgan fingerprint density at radius 1 is 0.700 bits per heavy atom. The number of hydrogen-bond acceptors (Lipinski definition) is 11. The minimum Gasteiger partial charge on any atom is -0.460 e. The average Bonchev–Trinajstić information content (AvgIpc) is 2.72. The number of carbonyl (C=O) groups is 4. The average molecular weight is 432 g/mol. The molecule has 0 fully saturated rings. The van der Waals surface area contributed by atoms with E-state index >= 15 is 0 Å². The molecule has 0 aromatic carbocycles. The zero-order chi connectivity index (χ0) is 22.8. The largest absolute Gasteiger partial charge is 0.460 e. The smallest absolute Gasteiger partial charge is 0.331 e. The summed E-state index contributed by atoms with van der Waals surface area (Å²) in [6.45, 7) is 3.01. The molecule has 0 amide bonds. The molecule has 11 heteroatoms. The second kappa shape index (κ2) is 17.1. The Kier molecular flexibility index (Phi) is 15.6. The SMILES string of the molecule is COC(C)COC(=O)/C=C/C(=O)OCCOCCOC(=O)/C=C/C(=O)OCC(C)O. The van der Waals surface area contributed by atoms with Crippen LogP contribution in [0.25, 0.3) is 0 Å². The van der Waals surface area contributed by atoms with Gasteiger partial charge in [-0.3, -0.25) is 0 Å². The van der Waals surface area contributed by atoms with Crippen molar-refractivity contribution >= 4 is 23.9 Å². The molecule has 0 aliphatic heterocycles. The van der Waals surface area contributed by atoms with Gasteiger partial charge in [-0.05, 0) is 13.8 Å². The number of methoxy groups -OCH3 is 1. The van der Waals surface area contributed by atoms with Crippen molar-refractivity contribution in [3.05, 3.63) is 24.3 Å². The van der Waals surface area contributed by atoms with Crippen molar-refractivity contribution in [1.82, 2.24) is 0 Å². The van der Waals surface area contributed by atoms with Crippen LogP contribution in [0.2, 0.25) is 0 Å². The minimum absolute atomic E-state index is 0.0451. The predicted octanol–water partition coefficient (Wildman–Crippen LogP) is -0.296. The van der Waals surface area contributed by atoms with Crippen LogP contribution in [0.1, 0.15) is 13.8 Å². The number of carbonyl (C=O) groups excluding carboxylic acids is 4. The van der Waals surface area contributed by atoms with Gasteiger partial charge in [0.05, 0.1) is 25.4 Å². The third-order valence-electron chi connectivity index (χ3n) is 2.98. The van der Waals surface area contributed by atoms with Gasteiger partial charge in [-0.2, -0.15) is 0 Å². The summed E-state index contributed by atoms with van der Waals surface area (Å²) >= 11 is 0. The third kappa shape index (κ3) is 17.3. The number of aliphatic hydroxyl groups excluding tert-OH is 1. The Bertz CT molecular complexity index is 595.